The molecule has 0 aliphatic rings. The second kappa shape index (κ2) is 7.64. The van der Waals surface area contributed by atoms with Gasteiger partial charge in [-0.05, 0) is 36.8 Å². The van der Waals surface area contributed by atoms with Gasteiger partial charge in [0.1, 0.15) is 5.69 Å². The summed E-state index contributed by atoms with van der Waals surface area (Å²) in [7, 11) is 0. The second-order valence-corrected chi connectivity index (χ2v) is 8.40. The van der Waals surface area contributed by atoms with Gasteiger partial charge in [-0.3, -0.25) is 4.79 Å². The first-order valence-electron chi connectivity index (χ1n) is 8.50. The molecule has 0 saturated carbocycles. The van der Waals surface area contributed by atoms with E-state index < -0.39 is 6.10 Å². The Morgan fingerprint density at radius 2 is 1.68 bits per heavy atom. The summed E-state index contributed by atoms with van der Waals surface area (Å²) in [5, 5.41) is 17.1. The van der Waals surface area contributed by atoms with E-state index in [4.69, 9.17) is 23.2 Å². The summed E-state index contributed by atoms with van der Waals surface area (Å²) in [6.45, 7) is 1.86. The summed E-state index contributed by atoms with van der Waals surface area (Å²) in [6.07, 6.45) is -0.905. The van der Waals surface area contributed by atoms with Crippen molar-refractivity contribution in [3.8, 4) is 11.3 Å². The predicted molar refractivity (Wildman–Crippen MR) is 113 cm³/mol. The van der Waals surface area contributed by atoms with Crippen molar-refractivity contribution >= 4 is 44.8 Å². The number of halogens is 2. The fraction of sp³-hybridized carbons (Fsp3) is 0.150. The molecule has 0 aliphatic heterocycles. The first-order chi connectivity index (χ1) is 13.4. The van der Waals surface area contributed by atoms with E-state index in [-0.39, 0.29) is 12.1 Å². The molecule has 4 rings (SSSR count). The number of hydrogen-bond donors (Lipinski definition) is 1. The standard InChI is InChI=1S/C20H15Cl2N3O2S/c1-11-23-18-19(28-11)17(13-4-8-15(22)9-5-13)24-25(20(18)27)10-16(26)12-2-6-14(21)7-3-12/h2-9,16,26H,10H2,1H3. The van der Waals surface area contributed by atoms with Crippen molar-refractivity contribution in [2.75, 3.05) is 0 Å². The van der Waals surface area contributed by atoms with E-state index in [1.165, 1.54) is 16.0 Å². The van der Waals surface area contributed by atoms with E-state index in [0.717, 1.165) is 15.3 Å². The molecule has 2 aromatic carbocycles. The molecule has 0 spiro atoms. The van der Waals surface area contributed by atoms with Crippen molar-refractivity contribution in [2.24, 2.45) is 0 Å². The molecule has 5 nitrogen and oxygen atoms in total. The van der Waals surface area contributed by atoms with Crippen LogP contribution in [-0.2, 0) is 6.54 Å². The topological polar surface area (TPSA) is 68.0 Å². The van der Waals surface area contributed by atoms with Gasteiger partial charge in [-0.2, -0.15) is 5.10 Å². The van der Waals surface area contributed by atoms with Crippen LogP contribution in [0.4, 0.5) is 0 Å². The zero-order valence-electron chi connectivity index (χ0n) is 14.8. The van der Waals surface area contributed by atoms with E-state index in [9.17, 15) is 9.90 Å². The smallest absolute Gasteiger partial charge is 0.294 e. The zero-order chi connectivity index (χ0) is 19.8. The number of benzene rings is 2. The molecule has 0 radical (unpaired) electrons. The minimum atomic E-state index is -0.905. The van der Waals surface area contributed by atoms with Gasteiger partial charge in [-0.25, -0.2) is 9.67 Å². The molecular weight excluding hydrogens is 417 g/mol. The monoisotopic (exact) mass is 431 g/mol. The maximum atomic E-state index is 12.9. The summed E-state index contributed by atoms with van der Waals surface area (Å²) in [5.41, 5.74) is 2.14. The fourth-order valence-electron chi connectivity index (χ4n) is 2.94. The normalized spacial score (nSPS) is 12.4. The average Bonchev–Trinajstić information content (AvgIpc) is 3.07. The SMILES string of the molecule is Cc1nc2c(=O)n(CC(O)c3ccc(Cl)cc3)nc(-c3ccc(Cl)cc3)c2s1. The Kier molecular flexibility index (Phi) is 5.21. The lowest BCUT2D eigenvalue weighted by atomic mass is 10.1. The van der Waals surface area contributed by atoms with E-state index in [2.05, 4.69) is 10.1 Å². The Balaban J connectivity index is 1.82. The van der Waals surface area contributed by atoms with E-state index in [1.807, 2.05) is 19.1 Å². The number of aliphatic hydroxyl groups excluding tert-OH is 1. The Morgan fingerprint density at radius 3 is 2.32 bits per heavy atom. The van der Waals surface area contributed by atoms with Crippen molar-refractivity contribution in [3.63, 3.8) is 0 Å². The van der Waals surface area contributed by atoms with Crippen LogP contribution in [0.5, 0.6) is 0 Å². The number of hydrogen-bond acceptors (Lipinski definition) is 5. The molecule has 4 aromatic rings. The third-order valence-electron chi connectivity index (χ3n) is 4.33. The number of thiazole rings is 1. The van der Waals surface area contributed by atoms with Crippen molar-refractivity contribution in [1.29, 1.82) is 0 Å². The van der Waals surface area contributed by atoms with Crippen LogP contribution in [0.25, 0.3) is 21.5 Å². The Hall–Kier alpha value is -2.25. The molecule has 1 atom stereocenters. The highest BCUT2D eigenvalue weighted by Gasteiger charge is 2.18. The number of aromatic nitrogens is 3. The third kappa shape index (κ3) is 3.69. The lowest BCUT2D eigenvalue weighted by Gasteiger charge is -2.14. The van der Waals surface area contributed by atoms with Crippen LogP contribution in [0, 0.1) is 6.92 Å². The van der Waals surface area contributed by atoms with Crippen molar-refractivity contribution in [2.45, 2.75) is 19.6 Å². The van der Waals surface area contributed by atoms with Crippen LogP contribution in [0.3, 0.4) is 0 Å². The molecule has 142 valence electrons. The average molecular weight is 432 g/mol. The molecule has 0 bridgehead atoms. The minimum absolute atomic E-state index is 0.00751. The van der Waals surface area contributed by atoms with E-state index in [1.54, 1.807) is 36.4 Å². The molecule has 0 aliphatic carbocycles. The molecule has 2 heterocycles. The zero-order valence-corrected chi connectivity index (χ0v) is 17.1. The first kappa shape index (κ1) is 19.1. The van der Waals surface area contributed by atoms with Crippen molar-refractivity contribution in [1.82, 2.24) is 14.8 Å². The van der Waals surface area contributed by atoms with Gasteiger partial charge in [-0.1, -0.05) is 47.5 Å². The number of nitrogens with zero attached hydrogens (tertiary/aromatic N) is 3. The van der Waals surface area contributed by atoms with Gasteiger partial charge >= 0.3 is 0 Å². The number of aryl methyl sites for hydroxylation is 1. The van der Waals surface area contributed by atoms with Gasteiger partial charge in [0.15, 0.2) is 5.52 Å². The molecule has 0 fully saturated rings. The van der Waals surface area contributed by atoms with Crippen molar-refractivity contribution in [3.05, 3.63) is 79.5 Å². The van der Waals surface area contributed by atoms with E-state index >= 15 is 0 Å². The highest BCUT2D eigenvalue weighted by atomic mass is 35.5. The van der Waals surface area contributed by atoms with Crippen LogP contribution in [0.15, 0.2) is 53.3 Å². The maximum absolute atomic E-state index is 12.9. The summed E-state index contributed by atoms with van der Waals surface area (Å²) >= 11 is 13.3. The van der Waals surface area contributed by atoms with Crippen LogP contribution in [0.2, 0.25) is 10.0 Å². The highest BCUT2D eigenvalue weighted by Crippen LogP contribution is 2.30. The highest BCUT2D eigenvalue weighted by molar-refractivity contribution is 7.19. The van der Waals surface area contributed by atoms with Gasteiger partial charge in [0.05, 0.1) is 22.4 Å². The molecule has 0 saturated heterocycles. The lowest BCUT2D eigenvalue weighted by molar-refractivity contribution is 0.150. The van der Waals surface area contributed by atoms with Gasteiger partial charge in [0.25, 0.3) is 5.56 Å². The Labute approximate surface area is 174 Å². The molecule has 1 N–H and O–H groups in total. The Morgan fingerprint density at radius 1 is 1.07 bits per heavy atom. The van der Waals surface area contributed by atoms with Gasteiger partial charge in [-0.15, -0.1) is 11.3 Å². The third-order valence-corrected chi connectivity index (χ3v) is 5.81. The van der Waals surface area contributed by atoms with E-state index in [0.29, 0.717) is 26.8 Å². The van der Waals surface area contributed by atoms with Crippen LogP contribution in [-0.4, -0.2) is 19.9 Å². The van der Waals surface area contributed by atoms with Gasteiger partial charge in [0, 0.05) is 15.6 Å². The fourth-order valence-corrected chi connectivity index (χ4v) is 4.11. The molecule has 2 aromatic heterocycles. The molecule has 0 amide bonds. The van der Waals surface area contributed by atoms with Gasteiger partial charge < -0.3 is 5.11 Å². The maximum Gasteiger partial charge on any atom is 0.294 e. The molecular formula is C20H15Cl2N3O2S. The lowest BCUT2D eigenvalue weighted by Crippen LogP contribution is -2.26. The van der Waals surface area contributed by atoms with Crippen LogP contribution in [0.1, 0.15) is 16.7 Å². The van der Waals surface area contributed by atoms with Crippen LogP contribution < -0.4 is 5.56 Å². The number of aliphatic hydroxyl groups is 1. The van der Waals surface area contributed by atoms with Gasteiger partial charge in [0.2, 0.25) is 0 Å². The van der Waals surface area contributed by atoms with Crippen LogP contribution >= 0.6 is 34.5 Å². The number of fused-ring (bicyclic) bond motifs is 1. The minimum Gasteiger partial charge on any atom is -0.386 e. The first-order valence-corrected chi connectivity index (χ1v) is 10.1. The van der Waals surface area contributed by atoms with Crippen molar-refractivity contribution < 1.29 is 5.11 Å². The summed E-state index contributed by atoms with van der Waals surface area (Å²) in [5.74, 6) is 0. The molecule has 8 heteroatoms. The summed E-state index contributed by atoms with van der Waals surface area (Å²) in [4.78, 5) is 17.3. The summed E-state index contributed by atoms with van der Waals surface area (Å²) < 4.78 is 1.99. The predicted octanol–water partition coefficient (Wildman–Crippen LogP) is 4.87. The summed E-state index contributed by atoms with van der Waals surface area (Å²) in [6, 6.07) is 14.1. The number of rotatable bonds is 4. The molecule has 28 heavy (non-hydrogen) atoms. The quantitative estimate of drug-likeness (QED) is 0.500. The largest absolute Gasteiger partial charge is 0.386 e. The molecule has 1 unspecified atom stereocenters. The second-order valence-electron chi connectivity index (χ2n) is 6.32. The Bertz CT molecular complexity index is 1200.